The summed E-state index contributed by atoms with van der Waals surface area (Å²) in [5, 5.41) is 6.06. The predicted octanol–water partition coefficient (Wildman–Crippen LogP) is 2.57. The lowest BCUT2D eigenvalue weighted by molar-refractivity contribution is 0.0972. The third kappa shape index (κ3) is 6.62. The summed E-state index contributed by atoms with van der Waals surface area (Å²) in [5.74, 6) is -0.500. The summed E-state index contributed by atoms with van der Waals surface area (Å²) in [4.78, 5) is 15.3. The monoisotopic (exact) mass is 478 g/mol. The zero-order chi connectivity index (χ0) is 18.2. The molecular formula is C17H21F2IN4O2. The van der Waals surface area contributed by atoms with Crippen molar-refractivity contribution in [1.82, 2.24) is 10.6 Å². The van der Waals surface area contributed by atoms with E-state index in [1.54, 1.807) is 6.07 Å². The highest BCUT2D eigenvalue weighted by Crippen LogP contribution is 2.10. The van der Waals surface area contributed by atoms with Gasteiger partial charge in [-0.2, -0.15) is 0 Å². The first-order valence-electron chi connectivity index (χ1n) is 7.84. The van der Waals surface area contributed by atoms with Gasteiger partial charge in [0.05, 0.1) is 0 Å². The van der Waals surface area contributed by atoms with Crippen LogP contribution >= 0.6 is 24.0 Å². The second-order valence-electron chi connectivity index (χ2n) is 5.24. The molecule has 0 radical (unpaired) electrons. The molecule has 9 heteroatoms. The van der Waals surface area contributed by atoms with E-state index in [2.05, 4.69) is 15.6 Å². The number of halogens is 3. The van der Waals surface area contributed by atoms with Gasteiger partial charge in [0.1, 0.15) is 23.9 Å². The highest BCUT2D eigenvalue weighted by Gasteiger charge is 2.07. The lowest BCUT2D eigenvalue weighted by Gasteiger charge is -2.11. The molecule has 1 aromatic carbocycles. The number of nitrogens with zero attached hydrogens (tertiary/aromatic N) is 1. The van der Waals surface area contributed by atoms with Crippen molar-refractivity contribution in [3.05, 3.63) is 59.1 Å². The van der Waals surface area contributed by atoms with Gasteiger partial charge in [-0.15, -0.1) is 24.0 Å². The maximum Gasteiger partial charge on any atom is 0.284 e. The molecule has 26 heavy (non-hydrogen) atoms. The smallest absolute Gasteiger partial charge is 0.284 e. The number of primary amides is 1. The Morgan fingerprint density at radius 1 is 1.23 bits per heavy atom. The molecule has 0 bridgehead atoms. The molecule has 0 aliphatic carbocycles. The zero-order valence-corrected chi connectivity index (χ0v) is 16.6. The van der Waals surface area contributed by atoms with Crippen molar-refractivity contribution in [2.24, 2.45) is 10.7 Å². The molecule has 2 rings (SSSR count). The molecule has 6 nitrogen and oxygen atoms in total. The number of guanidine groups is 1. The molecule has 0 aliphatic rings. The third-order valence-corrected chi connectivity index (χ3v) is 3.34. The first-order chi connectivity index (χ1) is 12.0. The maximum atomic E-state index is 13.6. The molecular weight excluding hydrogens is 457 g/mol. The van der Waals surface area contributed by atoms with Crippen LogP contribution in [0.1, 0.15) is 28.8 Å². The molecule has 0 fully saturated rings. The van der Waals surface area contributed by atoms with Crippen LogP contribution in [-0.4, -0.2) is 25.0 Å². The summed E-state index contributed by atoms with van der Waals surface area (Å²) in [6.07, 6.45) is 0.306. The SMILES string of the molecule is CCNC(=NCc1ccc(C(N)=O)o1)NCCc1cc(F)ccc1F.I. The quantitative estimate of drug-likeness (QED) is 0.324. The van der Waals surface area contributed by atoms with E-state index in [0.717, 1.165) is 12.1 Å². The largest absolute Gasteiger partial charge is 0.454 e. The number of nitrogens with two attached hydrogens (primary N) is 1. The minimum atomic E-state index is -0.641. The number of hydrogen-bond donors (Lipinski definition) is 3. The van der Waals surface area contributed by atoms with Crippen LogP contribution in [0.5, 0.6) is 0 Å². The molecule has 4 N–H and O–H groups in total. The number of hydrogen-bond acceptors (Lipinski definition) is 3. The van der Waals surface area contributed by atoms with Crippen molar-refractivity contribution in [2.75, 3.05) is 13.1 Å². The normalized spacial score (nSPS) is 11.0. The first-order valence-corrected chi connectivity index (χ1v) is 7.84. The Labute approximate surface area is 167 Å². The van der Waals surface area contributed by atoms with E-state index in [4.69, 9.17) is 10.2 Å². The van der Waals surface area contributed by atoms with Crippen molar-refractivity contribution in [2.45, 2.75) is 19.9 Å². The Balaban J connectivity index is 0.00000338. The summed E-state index contributed by atoms with van der Waals surface area (Å²) in [6.45, 7) is 3.11. The van der Waals surface area contributed by atoms with E-state index in [1.165, 1.54) is 12.1 Å². The van der Waals surface area contributed by atoms with Crippen LogP contribution in [0.25, 0.3) is 0 Å². The minimum Gasteiger partial charge on any atom is -0.454 e. The van der Waals surface area contributed by atoms with Crippen LogP contribution < -0.4 is 16.4 Å². The van der Waals surface area contributed by atoms with Gasteiger partial charge in [0, 0.05) is 13.1 Å². The number of nitrogens with one attached hydrogen (secondary N) is 2. The average Bonchev–Trinajstić information content (AvgIpc) is 3.05. The third-order valence-electron chi connectivity index (χ3n) is 3.34. The Kier molecular flexibility index (Phi) is 9.03. The fraction of sp³-hybridized carbons (Fsp3) is 0.294. The van der Waals surface area contributed by atoms with Crippen LogP contribution in [0.4, 0.5) is 8.78 Å². The molecule has 1 aromatic heterocycles. The van der Waals surface area contributed by atoms with E-state index in [1.807, 2.05) is 6.92 Å². The Bertz CT molecular complexity index is 765. The lowest BCUT2D eigenvalue weighted by atomic mass is 10.1. The molecule has 0 aliphatic heterocycles. The van der Waals surface area contributed by atoms with Gasteiger partial charge >= 0.3 is 0 Å². The van der Waals surface area contributed by atoms with Crippen molar-refractivity contribution >= 4 is 35.8 Å². The van der Waals surface area contributed by atoms with Gasteiger partial charge in [0.25, 0.3) is 5.91 Å². The van der Waals surface area contributed by atoms with E-state index < -0.39 is 17.5 Å². The molecule has 142 valence electrons. The average molecular weight is 478 g/mol. The van der Waals surface area contributed by atoms with E-state index in [-0.39, 0.29) is 36.3 Å². The summed E-state index contributed by atoms with van der Waals surface area (Å²) in [5.41, 5.74) is 5.42. The fourth-order valence-electron chi connectivity index (χ4n) is 2.14. The molecule has 0 unspecified atom stereocenters. The van der Waals surface area contributed by atoms with Crippen LogP contribution in [-0.2, 0) is 13.0 Å². The number of furan rings is 1. The highest BCUT2D eigenvalue weighted by molar-refractivity contribution is 14.0. The van der Waals surface area contributed by atoms with E-state index >= 15 is 0 Å². The molecule has 0 spiro atoms. The lowest BCUT2D eigenvalue weighted by Crippen LogP contribution is -2.38. The van der Waals surface area contributed by atoms with Gasteiger partial charge in [-0.05, 0) is 49.2 Å². The summed E-state index contributed by atoms with van der Waals surface area (Å²) in [7, 11) is 0. The predicted molar refractivity (Wildman–Crippen MR) is 106 cm³/mol. The van der Waals surface area contributed by atoms with Crippen molar-refractivity contribution in [1.29, 1.82) is 0 Å². The molecule has 0 saturated carbocycles. The molecule has 0 saturated heterocycles. The second-order valence-corrected chi connectivity index (χ2v) is 5.24. The zero-order valence-electron chi connectivity index (χ0n) is 14.2. The molecule has 1 amide bonds. The Hall–Kier alpha value is -2.17. The second kappa shape index (κ2) is 10.7. The number of benzene rings is 1. The van der Waals surface area contributed by atoms with Gasteiger partial charge in [0.15, 0.2) is 11.7 Å². The van der Waals surface area contributed by atoms with Crippen LogP contribution in [0.2, 0.25) is 0 Å². The standard InChI is InChI=1S/C17H20F2N4O2.HI/c1-2-21-17(23-10-13-4-6-15(25-13)16(20)24)22-8-7-11-9-12(18)3-5-14(11)19;/h3-6,9H,2,7-8,10H2,1H3,(H2,20,24)(H2,21,22,23);1H. The molecule has 1 heterocycles. The van der Waals surface area contributed by atoms with Crippen molar-refractivity contribution in [3.8, 4) is 0 Å². The minimum absolute atomic E-state index is 0. The van der Waals surface area contributed by atoms with Gasteiger partial charge in [-0.3, -0.25) is 4.79 Å². The van der Waals surface area contributed by atoms with Crippen LogP contribution in [0, 0.1) is 11.6 Å². The van der Waals surface area contributed by atoms with Crippen molar-refractivity contribution in [3.63, 3.8) is 0 Å². The van der Waals surface area contributed by atoms with E-state index in [9.17, 15) is 13.6 Å². The van der Waals surface area contributed by atoms with Gasteiger partial charge < -0.3 is 20.8 Å². The fourth-order valence-corrected chi connectivity index (χ4v) is 2.14. The number of carbonyl (C=O) groups is 1. The topological polar surface area (TPSA) is 92.6 Å². The number of rotatable bonds is 7. The number of amides is 1. The maximum absolute atomic E-state index is 13.6. The number of carbonyl (C=O) groups excluding carboxylic acids is 1. The summed E-state index contributed by atoms with van der Waals surface area (Å²) < 4.78 is 32.0. The van der Waals surface area contributed by atoms with E-state index in [0.29, 0.717) is 36.8 Å². The highest BCUT2D eigenvalue weighted by atomic mass is 127. The van der Waals surface area contributed by atoms with Gasteiger partial charge in [-0.1, -0.05) is 0 Å². The Morgan fingerprint density at radius 2 is 2.00 bits per heavy atom. The summed E-state index contributed by atoms with van der Waals surface area (Å²) in [6, 6.07) is 6.48. The molecule has 0 atom stereocenters. The number of aliphatic imine (C=N–C) groups is 1. The van der Waals surface area contributed by atoms with Crippen molar-refractivity contribution < 1.29 is 18.0 Å². The summed E-state index contributed by atoms with van der Waals surface area (Å²) >= 11 is 0. The Morgan fingerprint density at radius 3 is 2.65 bits per heavy atom. The van der Waals surface area contributed by atoms with Gasteiger partial charge in [-0.25, -0.2) is 13.8 Å². The first kappa shape index (κ1) is 21.9. The van der Waals surface area contributed by atoms with Crippen LogP contribution in [0.3, 0.4) is 0 Å². The van der Waals surface area contributed by atoms with Crippen LogP contribution in [0.15, 0.2) is 39.7 Å². The van der Waals surface area contributed by atoms with Gasteiger partial charge in [0.2, 0.25) is 0 Å². The molecule has 2 aromatic rings.